The van der Waals surface area contributed by atoms with Crippen LogP contribution in [0.5, 0.6) is 11.5 Å². The molecule has 120 valence electrons. The summed E-state index contributed by atoms with van der Waals surface area (Å²) < 4.78 is 5.28. The Morgan fingerprint density at radius 1 is 1.17 bits per heavy atom. The van der Waals surface area contributed by atoms with Crippen molar-refractivity contribution in [1.82, 2.24) is 0 Å². The second-order valence-electron chi connectivity index (χ2n) is 5.18. The molecular formula is C19H14ClNO3. The van der Waals surface area contributed by atoms with Crippen LogP contribution in [0.4, 0.5) is 5.69 Å². The lowest BCUT2D eigenvalue weighted by Crippen LogP contribution is -2.04. The van der Waals surface area contributed by atoms with Crippen molar-refractivity contribution in [3.05, 3.63) is 65.2 Å². The molecule has 0 atom stereocenters. The summed E-state index contributed by atoms with van der Waals surface area (Å²) in [5, 5.41) is 12.2. The lowest BCUT2D eigenvalue weighted by atomic mass is 10.0. The van der Waals surface area contributed by atoms with Crippen LogP contribution in [0.15, 0.2) is 59.6 Å². The van der Waals surface area contributed by atoms with Crippen LogP contribution in [0.1, 0.15) is 12.5 Å². The van der Waals surface area contributed by atoms with Gasteiger partial charge in [-0.15, -0.1) is 0 Å². The van der Waals surface area contributed by atoms with Gasteiger partial charge < -0.3 is 9.84 Å². The third kappa shape index (κ3) is 3.39. The van der Waals surface area contributed by atoms with Gasteiger partial charge in [-0.3, -0.25) is 9.79 Å². The molecule has 0 aliphatic carbocycles. The summed E-state index contributed by atoms with van der Waals surface area (Å²) in [6, 6.07) is 15.9. The van der Waals surface area contributed by atoms with Crippen LogP contribution in [-0.4, -0.2) is 17.3 Å². The van der Waals surface area contributed by atoms with Crippen LogP contribution < -0.4 is 4.74 Å². The minimum Gasteiger partial charge on any atom is -0.506 e. The van der Waals surface area contributed by atoms with Gasteiger partial charge >= 0.3 is 5.97 Å². The van der Waals surface area contributed by atoms with Crippen molar-refractivity contribution in [2.75, 3.05) is 0 Å². The standard InChI is InChI=1S/C19H14ClNO3/c1-12(22)24-19-9-6-13-4-2-3-5-15(13)16(19)11-21-17-10-14(20)7-8-18(17)23/h2-11,23H,1H3. The van der Waals surface area contributed by atoms with Gasteiger partial charge in [-0.2, -0.15) is 0 Å². The molecule has 0 amide bonds. The Hall–Kier alpha value is -2.85. The lowest BCUT2D eigenvalue weighted by molar-refractivity contribution is -0.131. The zero-order valence-corrected chi connectivity index (χ0v) is 13.6. The minimum absolute atomic E-state index is 0.0184. The maximum Gasteiger partial charge on any atom is 0.308 e. The van der Waals surface area contributed by atoms with Crippen molar-refractivity contribution in [1.29, 1.82) is 0 Å². The molecule has 3 aromatic rings. The van der Waals surface area contributed by atoms with Gasteiger partial charge in [0.05, 0.1) is 0 Å². The van der Waals surface area contributed by atoms with E-state index in [0.29, 0.717) is 22.0 Å². The Balaban J connectivity index is 2.14. The SMILES string of the molecule is CC(=O)Oc1ccc2ccccc2c1C=Nc1cc(Cl)ccc1O. The monoisotopic (exact) mass is 339 g/mol. The molecule has 0 aliphatic heterocycles. The minimum atomic E-state index is -0.412. The number of halogens is 1. The van der Waals surface area contributed by atoms with Crippen LogP contribution in [-0.2, 0) is 4.79 Å². The maximum absolute atomic E-state index is 11.4. The fraction of sp³-hybridized carbons (Fsp3) is 0.0526. The number of aromatic hydroxyl groups is 1. The highest BCUT2D eigenvalue weighted by molar-refractivity contribution is 6.30. The van der Waals surface area contributed by atoms with E-state index in [0.717, 1.165) is 10.8 Å². The van der Waals surface area contributed by atoms with Crippen LogP contribution in [0.2, 0.25) is 5.02 Å². The molecule has 0 heterocycles. The van der Waals surface area contributed by atoms with Crippen molar-refractivity contribution < 1.29 is 14.6 Å². The molecule has 1 N–H and O–H groups in total. The topological polar surface area (TPSA) is 58.9 Å². The molecule has 5 heteroatoms. The zero-order valence-electron chi connectivity index (χ0n) is 12.9. The number of carbonyl (C=O) groups excluding carboxylic acids is 1. The Labute approximate surface area is 144 Å². The number of rotatable bonds is 3. The molecule has 0 saturated carbocycles. The molecule has 24 heavy (non-hydrogen) atoms. The van der Waals surface area contributed by atoms with E-state index in [1.54, 1.807) is 24.4 Å². The van der Waals surface area contributed by atoms with Gasteiger partial charge in [0.15, 0.2) is 0 Å². The number of aliphatic imine (C=N–C) groups is 1. The van der Waals surface area contributed by atoms with Gasteiger partial charge in [0, 0.05) is 23.7 Å². The highest BCUT2D eigenvalue weighted by Gasteiger charge is 2.09. The van der Waals surface area contributed by atoms with Gasteiger partial charge in [-0.25, -0.2) is 0 Å². The number of hydrogen-bond acceptors (Lipinski definition) is 4. The molecule has 0 bridgehead atoms. The smallest absolute Gasteiger partial charge is 0.308 e. The van der Waals surface area contributed by atoms with E-state index in [4.69, 9.17) is 16.3 Å². The molecule has 0 unspecified atom stereocenters. The molecule has 0 aliphatic rings. The zero-order chi connectivity index (χ0) is 17.1. The van der Waals surface area contributed by atoms with Crippen LogP contribution in [0.3, 0.4) is 0 Å². The molecule has 0 saturated heterocycles. The van der Waals surface area contributed by atoms with Gasteiger partial charge in [0.2, 0.25) is 0 Å². The summed E-state index contributed by atoms with van der Waals surface area (Å²) in [6.07, 6.45) is 1.56. The third-order valence-electron chi connectivity index (χ3n) is 3.45. The number of carbonyl (C=O) groups is 1. The summed E-state index contributed by atoms with van der Waals surface area (Å²) in [5.74, 6) is 0.0157. The first-order valence-electron chi connectivity index (χ1n) is 7.27. The quantitative estimate of drug-likeness (QED) is 0.420. The van der Waals surface area contributed by atoms with Gasteiger partial charge in [0.1, 0.15) is 17.2 Å². The van der Waals surface area contributed by atoms with Crippen LogP contribution in [0.25, 0.3) is 10.8 Å². The van der Waals surface area contributed by atoms with Crippen molar-refractivity contribution in [3.63, 3.8) is 0 Å². The van der Waals surface area contributed by atoms with Crippen molar-refractivity contribution in [2.24, 2.45) is 4.99 Å². The predicted octanol–water partition coefficient (Wildman–Crippen LogP) is 4.87. The molecule has 0 fully saturated rings. The van der Waals surface area contributed by atoms with Gasteiger partial charge in [-0.1, -0.05) is 41.9 Å². The highest BCUT2D eigenvalue weighted by Crippen LogP contribution is 2.31. The third-order valence-corrected chi connectivity index (χ3v) is 3.69. The van der Waals surface area contributed by atoms with E-state index < -0.39 is 5.97 Å². The maximum atomic E-state index is 11.4. The van der Waals surface area contributed by atoms with E-state index in [2.05, 4.69) is 4.99 Å². The number of fused-ring (bicyclic) bond motifs is 1. The molecule has 0 aromatic heterocycles. The normalized spacial score (nSPS) is 11.1. The number of phenols is 1. The second-order valence-corrected chi connectivity index (χ2v) is 5.62. The molecule has 3 aromatic carbocycles. The summed E-state index contributed by atoms with van der Waals surface area (Å²) in [4.78, 5) is 15.7. The Morgan fingerprint density at radius 2 is 1.96 bits per heavy atom. The Kier molecular flexibility index (Phi) is 4.49. The molecular weight excluding hydrogens is 326 g/mol. The first kappa shape index (κ1) is 16.0. The summed E-state index contributed by atoms with van der Waals surface area (Å²) >= 11 is 5.94. The largest absolute Gasteiger partial charge is 0.506 e. The van der Waals surface area contributed by atoms with Crippen molar-refractivity contribution in [3.8, 4) is 11.5 Å². The van der Waals surface area contributed by atoms with Crippen molar-refractivity contribution in [2.45, 2.75) is 6.92 Å². The molecule has 3 rings (SSSR count). The average Bonchev–Trinajstić information content (AvgIpc) is 2.56. The second kappa shape index (κ2) is 6.72. The molecule has 4 nitrogen and oxygen atoms in total. The van der Waals surface area contributed by atoms with Crippen molar-refractivity contribution >= 4 is 40.2 Å². The average molecular weight is 340 g/mol. The van der Waals surface area contributed by atoms with Gasteiger partial charge in [0.25, 0.3) is 0 Å². The summed E-state index contributed by atoms with van der Waals surface area (Å²) in [6.45, 7) is 1.35. The van der Waals surface area contributed by atoms with E-state index in [1.165, 1.54) is 13.0 Å². The van der Waals surface area contributed by atoms with E-state index in [9.17, 15) is 9.90 Å². The number of esters is 1. The first-order valence-corrected chi connectivity index (χ1v) is 7.65. The van der Waals surface area contributed by atoms with Crippen LogP contribution in [0, 0.1) is 0 Å². The first-order chi connectivity index (χ1) is 11.5. The highest BCUT2D eigenvalue weighted by atomic mass is 35.5. The number of nitrogens with zero attached hydrogens (tertiary/aromatic N) is 1. The van der Waals surface area contributed by atoms with E-state index in [1.807, 2.05) is 30.3 Å². The summed E-state index contributed by atoms with van der Waals surface area (Å²) in [7, 11) is 0. The fourth-order valence-corrected chi connectivity index (χ4v) is 2.55. The Bertz CT molecular complexity index is 950. The van der Waals surface area contributed by atoms with E-state index >= 15 is 0 Å². The fourth-order valence-electron chi connectivity index (χ4n) is 2.39. The van der Waals surface area contributed by atoms with E-state index in [-0.39, 0.29) is 5.75 Å². The number of phenolic OH excluding ortho intramolecular Hbond substituents is 1. The predicted molar refractivity (Wildman–Crippen MR) is 95.6 cm³/mol. The number of benzene rings is 3. The lowest BCUT2D eigenvalue weighted by Gasteiger charge is -2.09. The van der Waals surface area contributed by atoms with Gasteiger partial charge in [-0.05, 0) is 35.0 Å². The molecule has 0 radical (unpaired) electrons. The number of hydrogen-bond donors (Lipinski definition) is 1. The summed E-state index contributed by atoms with van der Waals surface area (Å²) in [5.41, 5.74) is 0.992. The molecule has 0 spiro atoms. The Morgan fingerprint density at radius 3 is 2.75 bits per heavy atom. The van der Waals surface area contributed by atoms with Crippen LogP contribution >= 0.6 is 11.6 Å². The number of ether oxygens (including phenoxy) is 1.